The highest BCUT2D eigenvalue weighted by Gasteiger charge is 2.36. The number of carbonyl (C=O) groups is 4. The van der Waals surface area contributed by atoms with Crippen LogP contribution in [0.1, 0.15) is 164 Å². The zero-order valence-corrected chi connectivity index (χ0v) is 55.8. The summed E-state index contributed by atoms with van der Waals surface area (Å²) in [5.74, 6) is 4.14. The SMILES string of the molecule is C[C@H]1CCCOc2ncc(C3CN(C(=O)OC(C)(C)C)C3)cc2C(=O)Nc2cccc(n2)-c2nncn21.C[C@H]1CCCOc2ncc(C3CN(C)C3)cc2C(=O)Nc2cccc(n2)-c2nncn21.C[C@H]1CCCOc2ncc(C3CNC3)cc2C(=O)Nc2cccc(n2)-c2nncn21. The van der Waals surface area contributed by atoms with E-state index in [2.05, 4.69) is 114 Å². The summed E-state index contributed by atoms with van der Waals surface area (Å²) in [7, 11) is 2.08. The number of rotatable bonds is 3. The summed E-state index contributed by atoms with van der Waals surface area (Å²) in [5, 5.41) is 36.8. The van der Waals surface area contributed by atoms with E-state index in [-0.39, 0.29) is 53.7 Å². The Hall–Kier alpha value is -10.7. The van der Waals surface area contributed by atoms with Crippen molar-refractivity contribution in [1.29, 1.82) is 0 Å². The Bertz CT molecular complexity index is 4360. The van der Waals surface area contributed by atoms with Gasteiger partial charge in [0.05, 0.1) is 19.8 Å². The second kappa shape index (κ2) is 29.0. The first-order chi connectivity index (χ1) is 47.4. The smallest absolute Gasteiger partial charge is 0.410 e. The van der Waals surface area contributed by atoms with Gasteiger partial charge in [0.15, 0.2) is 17.5 Å². The van der Waals surface area contributed by atoms with E-state index in [1.165, 1.54) is 0 Å². The Morgan fingerprint density at radius 2 is 0.867 bits per heavy atom. The molecule has 3 saturated heterocycles. The lowest BCUT2D eigenvalue weighted by molar-refractivity contribution is 0.00810. The third-order valence-corrected chi connectivity index (χ3v) is 18.0. The first kappa shape index (κ1) is 66.0. The molecule has 9 aromatic heterocycles. The lowest BCUT2D eigenvalue weighted by Crippen LogP contribution is -2.50. The van der Waals surface area contributed by atoms with Crippen molar-refractivity contribution in [1.82, 2.24) is 89.3 Å². The number of fused-ring (bicyclic) bond motifs is 15. The minimum atomic E-state index is -0.548. The van der Waals surface area contributed by atoms with E-state index in [0.29, 0.717) is 125 Å². The number of hydrogen-bond acceptors (Lipinski definition) is 22. The van der Waals surface area contributed by atoms with E-state index in [0.717, 1.165) is 81.4 Å². The number of anilines is 3. The molecule has 0 unspecified atom stereocenters. The standard InChI is InChI=1S/C26H31N7O4.C22H25N7O2.C21H23N7O2/c1-16-7-6-10-36-24-19(11-17(12-27-24)18-13-32(14-18)25(35)37-26(2,3)4)23(34)30-21-9-5-8-20(29-21)22-31-28-15-33(16)22;1-14-5-4-8-31-22-17(9-15(10-23-22)16-11-28(2)12-16)21(30)26-19-7-3-6-18(25-19)20-27-24-13-29(14)20;1-13-4-3-7-30-21-16(8-14(11-23-21)15-9-22-10-15)20(29)26-18-6-2-5-17(25-18)19-27-24-12-28(13)19/h5,8-9,11-12,15-16,18H,6-7,10,13-14H2,1-4H3,(H,29,30,34);3,6-7,9-10,13-14,16H,4-5,8,11-12H2,1-2H3,(H,25,26,30);2,5-6,8,11-13,15,22H,3-4,7,9-10H2,1H3,(H,25,26,29)/t16-;14-;13-/m000/s1. The fourth-order valence-electron chi connectivity index (χ4n) is 12.3. The monoisotopic (exact) mass is 1330 g/mol. The number of hydrogen-bond donors (Lipinski definition) is 4. The molecule has 0 saturated carbocycles. The maximum atomic E-state index is 13.4. The van der Waals surface area contributed by atoms with Crippen molar-refractivity contribution in [3.8, 4) is 52.2 Å². The van der Waals surface area contributed by atoms with Gasteiger partial charge in [-0.3, -0.25) is 14.4 Å². The number of likely N-dealkylation sites (N-methyl/N-ethyl adjacent to an activating group) is 1. The molecular weight excluding hydrogens is 1250 g/mol. The molecule has 6 aliphatic heterocycles. The molecule has 3 atom stereocenters. The number of nitrogens with one attached hydrogen (secondary N) is 4. The highest BCUT2D eigenvalue weighted by Crippen LogP contribution is 2.35. The quantitative estimate of drug-likeness (QED) is 0.128. The molecular formula is C69H79N21O8. The molecule has 508 valence electrons. The second-order valence-electron chi connectivity index (χ2n) is 26.5. The average Bonchev–Trinajstić information content (AvgIpc) is 0.999. The van der Waals surface area contributed by atoms with Crippen LogP contribution in [0, 0.1) is 0 Å². The molecule has 29 nitrogen and oxygen atoms in total. The molecule has 98 heavy (non-hydrogen) atoms. The summed E-state index contributed by atoms with van der Waals surface area (Å²) in [6, 6.07) is 22.4. The minimum Gasteiger partial charge on any atom is -0.477 e. The van der Waals surface area contributed by atoms with Crippen LogP contribution in [0.3, 0.4) is 0 Å². The van der Waals surface area contributed by atoms with Crippen molar-refractivity contribution in [2.45, 2.75) is 122 Å². The highest BCUT2D eigenvalue weighted by atomic mass is 16.6. The van der Waals surface area contributed by atoms with Gasteiger partial charge in [0.2, 0.25) is 17.6 Å². The predicted molar refractivity (Wildman–Crippen MR) is 361 cm³/mol. The van der Waals surface area contributed by atoms with Gasteiger partial charge in [-0.2, -0.15) is 0 Å². The lowest BCUT2D eigenvalue weighted by atomic mass is 9.92. The number of carbonyl (C=O) groups excluding carboxylic acids is 4. The van der Waals surface area contributed by atoms with Crippen LogP contribution in [0.25, 0.3) is 34.6 Å². The summed E-state index contributed by atoms with van der Waals surface area (Å²) in [4.78, 5) is 83.1. The summed E-state index contributed by atoms with van der Waals surface area (Å²) < 4.78 is 29.3. The van der Waals surface area contributed by atoms with Crippen molar-refractivity contribution in [3.05, 3.63) is 144 Å². The Kier molecular flexibility index (Phi) is 19.5. The maximum Gasteiger partial charge on any atom is 0.410 e. The van der Waals surface area contributed by atoms with Crippen LogP contribution < -0.4 is 35.5 Å². The highest BCUT2D eigenvalue weighted by molar-refractivity contribution is 6.07. The third-order valence-electron chi connectivity index (χ3n) is 18.0. The predicted octanol–water partition coefficient (Wildman–Crippen LogP) is 9.21. The average molecular weight is 1330 g/mol. The van der Waals surface area contributed by atoms with Crippen LogP contribution in [0.15, 0.2) is 110 Å². The molecule has 0 aromatic carbocycles. The molecule has 0 radical (unpaired) electrons. The van der Waals surface area contributed by atoms with Crippen LogP contribution in [-0.2, 0) is 4.74 Å². The zero-order valence-electron chi connectivity index (χ0n) is 55.8. The third kappa shape index (κ3) is 15.1. The number of aromatic nitrogens is 15. The van der Waals surface area contributed by atoms with Crippen LogP contribution in [-0.4, -0.2) is 180 Å². The summed E-state index contributed by atoms with van der Waals surface area (Å²) in [6.45, 7) is 17.9. The van der Waals surface area contributed by atoms with Crippen LogP contribution in [0.4, 0.5) is 22.2 Å². The summed E-state index contributed by atoms with van der Waals surface area (Å²) in [5.41, 5.74) is 5.56. The van der Waals surface area contributed by atoms with Gasteiger partial charge in [-0.25, -0.2) is 34.7 Å². The largest absolute Gasteiger partial charge is 0.477 e. The van der Waals surface area contributed by atoms with E-state index in [9.17, 15) is 19.2 Å². The van der Waals surface area contributed by atoms with E-state index >= 15 is 0 Å². The molecule has 0 spiro atoms. The number of amides is 4. The van der Waals surface area contributed by atoms with Crippen LogP contribution in [0.2, 0.25) is 0 Å². The van der Waals surface area contributed by atoms with Crippen LogP contribution >= 0.6 is 0 Å². The van der Waals surface area contributed by atoms with Crippen molar-refractivity contribution >= 4 is 41.3 Å². The summed E-state index contributed by atoms with van der Waals surface area (Å²) in [6.07, 6.45) is 15.1. The van der Waals surface area contributed by atoms with Gasteiger partial charge in [0.1, 0.15) is 75.8 Å². The van der Waals surface area contributed by atoms with Crippen molar-refractivity contribution in [2.75, 3.05) is 82.1 Å². The molecule has 29 heteroatoms. The first-order valence-corrected chi connectivity index (χ1v) is 33.3. The molecule has 4 N–H and O–H groups in total. The van der Waals surface area contributed by atoms with Gasteiger partial charge >= 0.3 is 6.09 Å². The Morgan fingerprint density at radius 3 is 1.20 bits per heavy atom. The van der Waals surface area contributed by atoms with Gasteiger partial charge in [0, 0.05) is 93.7 Å². The normalized spacial score (nSPS) is 19.2. The molecule has 6 aliphatic rings. The Balaban J connectivity index is 0.000000133. The van der Waals surface area contributed by atoms with E-state index in [1.807, 2.05) is 95.4 Å². The van der Waals surface area contributed by atoms with E-state index in [4.69, 9.17) is 18.9 Å². The Labute approximate surface area is 566 Å². The summed E-state index contributed by atoms with van der Waals surface area (Å²) >= 11 is 0. The molecule has 3 fully saturated rings. The van der Waals surface area contributed by atoms with Gasteiger partial charge in [-0.05, 0) is 158 Å². The number of nitrogens with zero attached hydrogens (tertiary/aromatic N) is 17. The van der Waals surface area contributed by atoms with Gasteiger partial charge in [-0.15, -0.1) is 30.6 Å². The van der Waals surface area contributed by atoms with Gasteiger partial charge < -0.3 is 63.7 Å². The zero-order chi connectivity index (χ0) is 68.0. The van der Waals surface area contributed by atoms with E-state index in [1.54, 1.807) is 54.3 Å². The number of pyridine rings is 6. The number of likely N-dealkylation sites (tertiary alicyclic amines) is 2. The molecule has 0 aliphatic carbocycles. The fraction of sp³-hybridized carbons (Fsp3) is 0.420. The molecule has 15 rings (SSSR count). The molecule has 6 bridgehead atoms. The van der Waals surface area contributed by atoms with Gasteiger partial charge in [-0.1, -0.05) is 18.2 Å². The van der Waals surface area contributed by atoms with Crippen molar-refractivity contribution in [3.63, 3.8) is 0 Å². The van der Waals surface area contributed by atoms with E-state index < -0.39 is 5.60 Å². The van der Waals surface area contributed by atoms with Crippen molar-refractivity contribution < 1.29 is 38.1 Å². The molecule has 15 heterocycles. The lowest BCUT2D eigenvalue weighted by Gasteiger charge is -2.40. The maximum absolute atomic E-state index is 13.4. The van der Waals surface area contributed by atoms with Crippen molar-refractivity contribution in [2.24, 2.45) is 0 Å². The number of ether oxygens (including phenoxy) is 4. The van der Waals surface area contributed by atoms with Gasteiger partial charge in [0.25, 0.3) is 17.7 Å². The molecule has 4 amide bonds. The first-order valence-electron chi connectivity index (χ1n) is 33.3. The topological polar surface area (TPSA) is 329 Å². The van der Waals surface area contributed by atoms with Crippen LogP contribution in [0.5, 0.6) is 17.6 Å². The Morgan fingerprint density at radius 1 is 0.510 bits per heavy atom. The molecule has 9 aromatic rings. The minimum absolute atomic E-state index is 0.0554. The second-order valence-corrected chi connectivity index (χ2v) is 26.5. The fourth-order valence-corrected chi connectivity index (χ4v) is 12.3.